The van der Waals surface area contributed by atoms with E-state index in [2.05, 4.69) is 6.92 Å². The van der Waals surface area contributed by atoms with Crippen LogP contribution < -0.4 is 11.5 Å². The Bertz CT molecular complexity index is 257. The summed E-state index contributed by atoms with van der Waals surface area (Å²) in [7, 11) is 0. The van der Waals surface area contributed by atoms with Gasteiger partial charge in [-0.15, -0.1) is 0 Å². The molecule has 18 heavy (non-hydrogen) atoms. The molecule has 0 heterocycles. The van der Waals surface area contributed by atoms with Crippen LogP contribution in [-0.2, 0) is 9.59 Å². The van der Waals surface area contributed by atoms with Crippen molar-refractivity contribution < 1.29 is 14.7 Å². The molecule has 2 atom stereocenters. The van der Waals surface area contributed by atoms with Crippen LogP contribution in [0.15, 0.2) is 0 Å². The number of hydrogen-bond acceptors (Lipinski definition) is 4. The smallest absolute Gasteiger partial charge is 0.320 e. The lowest BCUT2D eigenvalue weighted by atomic mass is 10.00. The molecule has 0 aliphatic carbocycles. The summed E-state index contributed by atoms with van der Waals surface area (Å²) in [5.41, 5.74) is 11.1. The van der Waals surface area contributed by atoms with E-state index in [4.69, 9.17) is 16.6 Å². The fourth-order valence-corrected chi connectivity index (χ4v) is 1.73. The minimum Gasteiger partial charge on any atom is -0.480 e. The zero-order valence-electron chi connectivity index (χ0n) is 11.2. The van der Waals surface area contributed by atoms with Crippen LogP contribution in [0.1, 0.15) is 58.3 Å². The van der Waals surface area contributed by atoms with E-state index in [1.54, 1.807) is 0 Å². The van der Waals surface area contributed by atoms with Gasteiger partial charge in [-0.25, -0.2) is 0 Å². The molecular formula is C13H26N2O3. The Labute approximate surface area is 109 Å². The Morgan fingerprint density at radius 2 is 1.56 bits per heavy atom. The van der Waals surface area contributed by atoms with Crippen LogP contribution in [0.3, 0.4) is 0 Å². The number of carbonyl (C=O) groups is 2. The van der Waals surface area contributed by atoms with Crippen molar-refractivity contribution in [3.8, 4) is 0 Å². The first kappa shape index (κ1) is 17.1. The lowest BCUT2D eigenvalue weighted by Gasteiger charge is -2.12. The molecule has 0 aliphatic heterocycles. The van der Waals surface area contributed by atoms with Crippen molar-refractivity contribution in [2.24, 2.45) is 11.5 Å². The third-order valence-corrected chi connectivity index (χ3v) is 3.05. The highest BCUT2D eigenvalue weighted by atomic mass is 16.4. The SMILES string of the molecule is CCCCCCCC(=O)C(N)CC[C@H](N)C(=O)O. The van der Waals surface area contributed by atoms with Crippen molar-refractivity contribution in [2.75, 3.05) is 0 Å². The molecule has 0 aliphatic rings. The number of hydrogen-bond donors (Lipinski definition) is 3. The molecule has 0 rings (SSSR count). The second-order valence-corrected chi connectivity index (χ2v) is 4.76. The summed E-state index contributed by atoms with van der Waals surface area (Å²) in [6.45, 7) is 2.15. The molecule has 0 amide bonds. The van der Waals surface area contributed by atoms with E-state index >= 15 is 0 Å². The van der Waals surface area contributed by atoms with Gasteiger partial charge in [0.05, 0.1) is 6.04 Å². The van der Waals surface area contributed by atoms with E-state index in [0.717, 1.165) is 19.3 Å². The molecule has 0 aromatic rings. The lowest BCUT2D eigenvalue weighted by molar-refractivity contribution is -0.138. The molecule has 5 nitrogen and oxygen atoms in total. The molecule has 0 bridgehead atoms. The standard InChI is InChI=1S/C13H26N2O3/c1-2-3-4-5-6-7-12(16)10(14)8-9-11(15)13(17)18/h10-11H,2-9,14-15H2,1H3,(H,17,18)/t10?,11-/m0/s1. The fourth-order valence-electron chi connectivity index (χ4n) is 1.73. The first-order valence-corrected chi connectivity index (χ1v) is 6.75. The molecule has 106 valence electrons. The number of carbonyl (C=O) groups excluding carboxylic acids is 1. The van der Waals surface area contributed by atoms with Gasteiger partial charge >= 0.3 is 5.97 Å². The number of rotatable bonds is 11. The summed E-state index contributed by atoms with van der Waals surface area (Å²) in [5, 5.41) is 8.61. The van der Waals surface area contributed by atoms with Crippen molar-refractivity contribution >= 4 is 11.8 Å². The third kappa shape index (κ3) is 8.20. The van der Waals surface area contributed by atoms with Gasteiger partial charge in [-0.2, -0.15) is 0 Å². The lowest BCUT2D eigenvalue weighted by Crippen LogP contribution is -2.35. The normalized spacial score (nSPS) is 14.2. The Morgan fingerprint density at radius 3 is 2.11 bits per heavy atom. The molecule has 1 unspecified atom stereocenters. The Kier molecular flexibility index (Phi) is 9.50. The van der Waals surface area contributed by atoms with Gasteiger partial charge in [0.1, 0.15) is 11.8 Å². The van der Waals surface area contributed by atoms with Crippen LogP contribution in [0.25, 0.3) is 0 Å². The van der Waals surface area contributed by atoms with Crippen molar-refractivity contribution in [1.82, 2.24) is 0 Å². The molecule has 0 aromatic carbocycles. The number of ketones is 1. The molecule has 0 fully saturated rings. The van der Waals surface area contributed by atoms with Crippen LogP contribution in [0.5, 0.6) is 0 Å². The predicted molar refractivity (Wildman–Crippen MR) is 71.2 cm³/mol. The van der Waals surface area contributed by atoms with E-state index in [9.17, 15) is 9.59 Å². The zero-order valence-corrected chi connectivity index (χ0v) is 11.2. The van der Waals surface area contributed by atoms with Gasteiger partial charge in [0.2, 0.25) is 0 Å². The van der Waals surface area contributed by atoms with Gasteiger partial charge in [-0.3, -0.25) is 9.59 Å². The number of nitrogens with two attached hydrogens (primary N) is 2. The van der Waals surface area contributed by atoms with Crippen molar-refractivity contribution in [2.45, 2.75) is 70.4 Å². The van der Waals surface area contributed by atoms with Gasteiger partial charge in [0.25, 0.3) is 0 Å². The van der Waals surface area contributed by atoms with Crippen LogP contribution in [0, 0.1) is 0 Å². The number of carboxylic acid groups (broad SMARTS) is 1. The average molecular weight is 258 g/mol. The summed E-state index contributed by atoms with van der Waals surface area (Å²) in [4.78, 5) is 22.1. The first-order valence-electron chi connectivity index (χ1n) is 6.75. The van der Waals surface area contributed by atoms with Crippen molar-refractivity contribution in [3.63, 3.8) is 0 Å². The highest BCUT2D eigenvalue weighted by Crippen LogP contribution is 2.08. The van der Waals surface area contributed by atoms with Crippen LogP contribution >= 0.6 is 0 Å². The van der Waals surface area contributed by atoms with Crippen LogP contribution in [-0.4, -0.2) is 28.9 Å². The molecule has 0 spiro atoms. The van der Waals surface area contributed by atoms with Crippen LogP contribution in [0.4, 0.5) is 0 Å². The Hall–Kier alpha value is -0.940. The highest BCUT2D eigenvalue weighted by molar-refractivity contribution is 5.83. The van der Waals surface area contributed by atoms with Gasteiger partial charge in [-0.1, -0.05) is 32.6 Å². The van der Waals surface area contributed by atoms with Crippen molar-refractivity contribution in [1.29, 1.82) is 0 Å². The second-order valence-electron chi connectivity index (χ2n) is 4.76. The maximum atomic E-state index is 11.6. The number of Topliss-reactive ketones (excluding diaryl/α,β-unsaturated/α-hetero) is 1. The monoisotopic (exact) mass is 258 g/mol. The van der Waals surface area contributed by atoms with Gasteiger partial charge < -0.3 is 16.6 Å². The molecule has 0 aromatic heterocycles. The topological polar surface area (TPSA) is 106 Å². The van der Waals surface area contributed by atoms with E-state index in [-0.39, 0.29) is 12.2 Å². The second kappa shape index (κ2) is 10.0. The predicted octanol–water partition coefficient (Wildman–Crippen LogP) is 1.44. The minimum absolute atomic E-state index is 0.0177. The summed E-state index contributed by atoms with van der Waals surface area (Å²) in [5.74, 6) is -1.03. The third-order valence-electron chi connectivity index (χ3n) is 3.05. The molecule has 0 saturated heterocycles. The average Bonchev–Trinajstić information content (AvgIpc) is 2.34. The maximum Gasteiger partial charge on any atom is 0.320 e. The molecule has 5 N–H and O–H groups in total. The number of aliphatic carboxylic acids is 1. The molecule has 0 saturated carbocycles. The molecule has 5 heteroatoms. The summed E-state index contributed by atoms with van der Waals surface area (Å²) < 4.78 is 0. The van der Waals surface area contributed by atoms with Gasteiger partial charge in [0.15, 0.2) is 0 Å². The minimum atomic E-state index is -1.05. The maximum absolute atomic E-state index is 11.6. The number of carboxylic acids is 1. The fraction of sp³-hybridized carbons (Fsp3) is 0.846. The zero-order chi connectivity index (χ0) is 14.0. The van der Waals surface area contributed by atoms with E-state index in [1.165, 1.54) is 12.8 Å². The van der Waals surface area contributed by atoms with Crippen LogP contribution in [0.2, 0.25) is 0 Å². The van der Waals surface area contributed by atoms with E-state index < -0.39 is 18.1 Å². The summed E-state index contributed by atoms with van der Waals surface area (Å²) in [6, 6.07) is -1.49. The Balaban J connectivity index is 3.66. The summed E-state index contributed by atoms with van der Waals surface area (Å²) in [6.07, 6.45) is 6.56. The summed E-state index contributed by atoms with van der Waals surface area (Å²) >= 11 is 0. The quantitative estimate of drug-likeness (QED) is 0.486. The largest absolute Gasteiger partial charge is 0.480 e. The number of unbranched alkanes of at least 4 members (excludes halogenated alkanes) is 4. The van der Waals surface area contributed by atoms with E-state index in [0.29, 0.717) is 12.8 Å². The van der Waals surface area contributed by atoms with Crippen molar-refractivity contribution in [3.05, 3.63) is 0 Å². The Morgan fingerprint density at radius 1 is 1.00 bits per heavy atom. The molecular weight excluding hydrogens is 232 g/mol. The van der Waals surface area contributed by atoms with E-state index in [1.807, 2.05) is 0 Å². The molecule has 0 radical (unpaired) electrons. The first-order chi connectivity index (χ1) is 8.49. The van der Waals surface area contributed by atoms with Gasteiger partial charge in [-0.05, 0) is 19.3 Å². The highest BCUT2D eigenvalue weighted by Gasteiger charge is 2.17. The van der Waals surface area contributed by atoms with Gasteiger partial charge in [0, 0.05) is 6.42 Å².